The van der Waals surface area contributed by atoms with E-state index in [1.165, 1.54) is 10.6 Å². The van der Waals surface area contributed by atoms with E-state index in [0.29, 0.717) is 18.7 Å². The number of oxime groups is 1. The van der Waals surface area contributed by atoms with Crippen LogP contribution in [0.4, 0.5) is 0 Å². The molecule has 0 saturated heterocycles. The van der Waals surface area contributed by atoms with Crippen LogP contribution in [0.15, 0.2) is 28.3 Å². The van der Waals surface area contributed by atoms with Crippen LogP contribution in [-0.2, 0) is 7.05 Å². The van der Waals surface area contributed by atoms with Gasteiger partial charge in [-0.25, -0.2) is 0 Å². The Morgan fingerprint density at radius 2 is 2.19 bits per heavy atom. The summed E-state index contributed by atoms with van der Waals surface area (Å²) in [5.74, 6) is 0.112. The minimum atomic E-state index is -0.234. The van der Waals surface area contributed by atoms with Gasteiger partial charge in [-0.2, -0.15) is 0 Å². The quantitative estimate of drug-likeness (QED) is 0.347. The Morgan fingerprint density at radius 1 is 1.52 bits per heavy atom. The van der Waals surface area contributed by atoms with Gasteiger partial charge in [-0.05, 0) is 12.0 Å². The Bertz CT molecular complexity index is 578. The van der Waals surface area contributed by atoms with Crippen LogP contribution in [0.25, 0.3) is 0 Å². The molecule has 0 aromatic carbocycles. The summed E-state index contributed by atoms with van der Waals surface area (Å²) in [7, 11) is 1.63. The number of nitrogens with two attached hydrogens (primary N) is 1. The zero-order chi connectivity index (χ0) is 16.0. The number of rotatable bonds is 6. The summed E-state index contributed by atoms with van der Waals surface area (Å²) in [4.78, 5) is 25.7. The molecule has 116 valence electrons. The second kappa shape index (κ2) is 7.47. The third-order valence-electron chi connectivity index (χ3n) is 2.99. The lowest BCUT2D eigenvalue weighted by molar-refractivity contribution is 0.0740. The Hall–Kier alpha value is -2.31. The summed E-state index contributed by atoms with van der Waals surface area (Å²) in [5.41, 5.74) is 5.55. The maximum absolute atomic E-state index is 12.5. The van der Waals surface area contributed by atoms with Crippen LogP contribution >= 0.6 is 0 Å². The highest BCUT2D eigenvalue weighted by Crippen LogP contribution is 2.07. The van der Waals surface area contributed by atoms with Gasteiger partial charge in [0.1, 0.15) is 5.84 Å². The number of aryl methyl sites for hydroxylation is 1. The zero-order valence-corrected chi connectivity index (χ0v) is 12.6. The van der Waals surface area contributed by atoms with Crippen molar-refractivity contribution in [3.8, 4) is 0 Å². The van der Waals surface area contributed by atoms with E-state index < -0.39 is 0 Å². The summed E-state index contributed by atoms with van der Waals surface area (Å²) in [6, 6.07) is 2.93. The summed E-state index contributed by atoms with van der Waals surface area (Å²) < 4.78 is 1.40. The molecule has 0 aliphatic rings. The SMILES string of the molecule is CC(C)CN(CC/C(N)=N/O)C(=O)c1ccn(C)c(=O)c1. The lowest BCUT2D eigenvalue weighted by Crippen LogP contribution is -2.37. The fourth-order valence-corrected chi connectivity index (χ4v) is 1.88. The molecule has 1 amide bonds. The summed E-state index contributed by atoms with van der Waals surface area (Å²) >= 11 is 0. The zero-order valence-electron chi connectivity index (χ0n) is 12.6. The molecular weight excluding hydrogens is 272 g/mol. The summed E-state index contributed by atoms with van der Waals surface area (Å²) in [6.07, 6.45) is 1.84. The third kappa shape index (κ3) is 4.94. The molecule has 0 spiro atoms. The van der Waals surface area contributed by atoms with Crippen molar-refractivity contribution in [3.63, 3.8) is 0 Å². The van der Waals surface area contributed by atoms with E-state index >= 15 is 0 Å². The lowest BCUT2D eigenvalue weighted by Gasteiger charge is -2.24. The van der Waals surface area contributed by atoms with Crippen molar-refractivity contribution in [1.29, 1.82) is 0 Å². The predicted molar refractivity (Wildman–Crippen MR) is 80.5 cm³/mol. The van der Waals surface area contributed by atoms with E-state index in [0.717, 1.165) is 0 Å². The molecule has 1 aromatic rings. The van der Waals surface area contributed by atoms with Gasteiger partial charge in [0.15, 0.2) is 0 Å². The fourth-order valence-electron chi connectivity index (χ4n) is 1.88. The molecule has 0 aliphatic heterocycles. The molecule has 0 radical (unpaired) electrons. The number of pyridine rings is 1. The first-order valence-corrected chi connectivity index (χ1v) is 6.77. The highest BCUT2D eigenvalue weighted by molar-refractivity contribution is 5.94. The first-order chi connectivity index (χ1) is 9.85. The normalized spacial score (nSPS) is 11.7. The van der Waals surface area contributed by atoms with E-state index in [1.54, 1.807) is 24.2 Å². The Morgan fingerprint density at radius 3 is 2.71 bits per heavy atom. The molecule has 21 heavy (non-hydrogen) atoms. The van der Waals surface area contributed by atoms with Crippen LogP contribution in [0.3, 0.4) is 0 Å². The van der Waals surface area contributed by atoms with Gasteiger partial charge in [0.2, 0.25) is 0 Å². The molecule has 7 heteroatoms. The van der Waals surface area contributed by atoms with Crippen LogP contribution in [-0.4, -0.2) is 39.5 Å². The van der Waals surface area contributed by atoms with E-state index in [9.17, 15) is 9.59 Å². The molecule has 1 rings (SSSR count). The first kappa shape index (κ1) is 16.7. The number of amides is 1. The minimum Gasteiger partial charge on any atom is -0.409 e. The molecular formula is C14H22N4O3. The molecule has 3 N–H and O–H groups in total. The molecule has 0 bridgehead atoms. The van der Waals surface area contributed by atoms with Crippen molar-refractivity contribution in [3.05, 3.63) is 34.2 Å². The second-order valence-corrected chi connectivity index (χ2v) is 5.35. The van der Waals surface area contributed by atoms with Crippen molar-refractivity contribution < 1.29 is 10.0 Å². The van der Waals surface area contributed by atoms with Crippen molar-refractivity contribution >= 4 is 11.7 Å². The maximum Gasteiger partial charge on any atom is 0.254 e. The van der Waals surface area contributed by atoms with Crippen LogP contribution < -0.4 is 11.3 Å². The van der Waals surface area contributed by atoms with E-state index in [-0.39, 0.29) is 29.6 Å². The predicted octanol–water partition coefficient (Wildman–Crippen LogP) is 0.620. The van der Waals surface area contributed by atoms with Gasteiger partial charge in [-0.1, -0.05) is 19.0 Å². The number of nitrogens with zero attached hydrogens (tertiary/aromatic N) is 3. The molecule has 0 fully saturated rings. The molecule has 1 aromatic heterocycles. The van der Waals surface area contributed by atoms with E-state index in [4.69, 9.17) is 10.9 Å². The summed E-state index contributed by atoms with van der Waals surface area (Å²) in [6.45, 7) is 4.86. The molecule has 1 heterocycles. The molecule has 0 atom stereocenters. The molecule has 0 saturated carbocycles. The van der Waals surface area contributed by atoms with Crippen molar-refractivity contribution in [2.45, 2.75) is 20.3 Å². The van der Waals surface area contributed by atoms with Crippen molar-refractivity contribution in [1.82, 2.24) is 9.47 Å². The van der Waals surface area contributed by atoms with Crippen LogP contribution in [0.5, 0.6) is 0 Å². The van der Waals surface area contributed by atoms with Gasteiger partial charge in [-0.3, -0.25) is 9.59 Å². The van der Waals surface area contributed by atoms with E-state index in [2.05, 4.69) is 5.16 Å². The topological polar surface area (TPSA) is 101 Å². The van der Waals surface area contributed by atoms with Crippen LogP contribution in [0, 0.1) is 5.92 Å². The van der Waals surface area contributed by atoms with Crippen molar-refractivity contribution in [2.24, 2.45) is 23.9 Å². The monoisotopic (exact) mass is 294 g/mol. The average molecular weight is 294 g/mol. The van der Waals surface area contributed by atoms with Crippen molar-refractivity contribution in [2.75, 3.05) is 13.1 Å². The van der Waals surface area contributed by atoms with Gasteiger partial charge >= 0.3 is 0 Å². The number of hydrogen-bond donors (Lipinski definition) is 2. The Balaban J connectivity index is 2.92. The van der Waals surface area contributed by atoms with E-state index in [1.807, 2.05) is 13.8 Å². The maximum atomic E-state index is 12.5. The van der Waals surface area contributed by atoms with Gasteiger partial charge in [-0.15, -0.1) is 0 Å². The number of carbonyl (C=O) groups is 1. The largest absolute Gasteiger partial charge is 0.409 e. The summed E-state index contributed by atoms with van der Waals surface area (Å²) in [5, 5.41) is 11.5. The highest BCUT2D eigenvalue weighted by atomic mass is 16.4. The average Bonchev–Trinajstić information content (AvgIpc) is 2.44. The van der Waals surface area contributed by atoms with Gasteiger partial charge in [0, 0.05) is 44.4 Å². The smallest absolute Gasteiger partial charge is 0.254 e. The molecule has 0 unspecified atom stereocenters. The number of carbonyl (C=O) groups excluding carboxylic acids is 1. The van der Waals surface area contributed by atoms with Gasteiger partial charge in [0.25, 0.3) is 11.5 Å². The lowest BCUT2D eigenvalue weighted by atomic mass is 10.1. The highest BCUT2D eigenvalue weighted by Gasteiger charge is 2.17. The first-order valence-electron chi connectivity index (χ1n) is 6.77. The Labute approximate surface area is 123 Å². The standard InChI is InChI=1S/C14H22N4O3/c1-10(2)9-18(7-5-12(15)16-21)14(20)11-4-6-17(3)13(19)8-11/h4,6,8,10,21H,5,7,9H2,1-3H3,(H2,15,16). The number of amidine groups is 1. The number of aromatic nitrogens is 1. The Kier molecular flexibility index (Phi) is 5.95. The fraction of sp³-hybridized carbons (Fsp3) is 0.500. The third-order valence-corrected chi connectivity index (χ3v) is 2.99. The minimum absolute atomic E-state index is 0.0699. The molecule has 7 nitrogen and oxygen atoms in total. The van der Waals surface area contributed by atoms with Crippen LogP contribution in [0.1, 0.15) is 30.6 Å². The van der Waals surface area contributed by atoms with Gasteiger partial charge in [0.05, 0.1) is 0 Å². The second-order valence-electron chi connectivity index (χ2n) is 5.35. The number of hydrogen-bond acceptors (Lipinski definition) is 4. The molecule has 0 aliphatic carbocycles. The van der Waals surface area contributed by atoms with Gasteiger partial charge < -0.3 is 20.4 Å². The van der Waals surface area contributed by atoms with Crippen LogP contribution in [0.2, 0.25) is 0 Å².